The van der Waals surface area contributed by atoms with E-state index in [9.17, 15) is 4.79 Å². The third-order valence-corrected chi connectivity index (χ3v) is 2.04. The number of carbonyl (C=O) groups excluding carboxylic acids is 1. The van der Waals surface area contributed by atoms with Gasteiger partial charge in [-0.1, -0.05) is 30.3 Å². The van der Waals surface area contributed by atoms with Gasteiger partial charge in [0.2, 0.25) is 5.96 Å². The Balaban J connectivity index is 2.25. The highest BCUT2D eigenvalue weighted by atomic mass is 16.2. The normalized spacial score (nSPS) is 19.0. The molecule has 1 amide bonds. The van der Waals surface area contributed by atoms with E-state index in [0.717, 1.165) is 5.56 Å². The van der Waals surface area contributed by atoms with Crippen molar-refractivity contribution >= 4 is 11.9 Å². The highest BCUT2D eigenvalue weighted by Gasteiger charge is 2.27. The van der Waals surface area contributed by atoms with Crippen LogP contribution in [0.4, 0.5) is 0 Å². The third-order valence-electron chi connectivity index (χ3n) is 2.04. The van der Waals surface area contributed by atoms with E-state index in [0.29, 0.717) is 0 Å². The van der Waals surface area contributed by atoms with E-state index in [1.54, 1.807) is 6.19 Å². The Labute approximate surface area is 86.4 Å². The van der Waals surface area contributed by atoms with Crippen molar-refractivity contribution in [1.29, 1.82) is 5.26 Å². The molecule has 2 N–H and O–H groups in total. The summed E-state index contributed by atoms with van der Waals surface area (Å²) < 4.78 is 0. The lowest BCUT2D eigenvalue weighted by Crippen LogP contribution is -2.33. The van der Waals surface area contributed by atoms with Crippen molar-refractivity contribution in [2.24, 2.45) is 4.99 Å². The molecule has 1 aromatic rings. The van der Waals surface area contributed by atoms with Gasteiger partial charge >= 0.3 is 0 Å². The Morgan fingerprint density at radius 3 is 2.80 bits per heavy atom. The molecule has 0 fully saturated rings. The van der Waals surface area contributed by atoms with Crippen LogP contribution in [0.5, 0.6) is 0 Å². The van der Waals surface area contributed by atoms with Gasteiger partial charge in [-0.25, -0.2) is 4.99 Å². The van der Waals surface area contributed by atoms with E-state index >= 15 is 0 Å². The molecule has 0 saturated carbocycles. The first-order valence-electron chi connectivity index (χ1n) is 4.40. The Morgan fingerprint density at radius 2 is 2.13 bits per heavy atom. The van der Waals surface area contributed by atoms with Crippen LogP contribution in [0.1, 0.15) is 11.6 Å². The lowest BCUT2D eigenvalue weighted by molar-refractivity contribution is -0.120. The summed E-state index contributed by atoms with van der Waals surface area (Å²) in [5, 5.41) is 13.2. The molecule has 5 heteroatoms. The van der Waals surface area contributed by atoms with Gasteiger partial charge in [-0.05, 0) is 5.56 Å². The van der Waals surface area contributed by atoms with Gasteiger partial charge in [-0.2, -0.15) is 5.26 Å². The van der Waals surface area contributed by atoms with Crippen LogP contribution in [-0.2, 0) is 4.79 Å². The molecule has 1 aliphatic rings. The van der Waals surface area contributed by atoms with E-state index in [1.807, 2.05) is 30.3 Å². The van der Waals surface area contributed by atoms with Crippen LogP contribution in [0, 0.1) is 11.5 Å². The Morgan fingerprint density at radius 1 is 1.40 bits per heavy atom. The summed E-state index contributed by atoms with van der Waals surface area (Å²) >= 11 is 0. The molecule has 15 heavy (non-hydrogen) atoms. The minimum atomic E-state index is -0.554. The molecule has 0 saturated heterocycles. The molecule has 1 unspecified atom stereocenters. The summed E-state index contributed by atoms with van der Waals surface area (Å²) in [6.45, 7) is 0. The summed E-state index contributed by atoms with van der Waals surface area (Å²) in [4.78, 5) is 15.5. The van der Waals surface area contributed by atoms with E-state index in [1.165, 1.54) is 0 Å². The van der Waals surface area contributed by atoms with E-state index < -0.39 is 6.04 Å². The summed E-state index contributed by atoms with van der Waals surface area (Å²) in [6, 6.07) is 8.64. The summed E-state index contributed by atoms with van der Waals surface area (Å²) in [6.07, 6.45) is 1.71. The number of benzene rings is 1. The highest BCUT2D eigenvalue weighted by molar-refractivity contribution is 6.05. The molecule has 0 aliphatic carbocycles. The van der Waals surface area contributed by atoms with Crippen molar-refractivity contribution in [3.05, 3.63) is 35.9 Å². The molecule has 2 rings (SSSR count). The number of rotatable bonds is 1. The van der Waals surface area contributed by atoms with E-state index in [2.05, 4.69) is 15.6 Å². The van der Waals surface area contributed by atoms with Gasteiger partial charge in [0.25, 0.3) is 5.91 Å². The zero-order chi connectivity index (χ0) is 10.7. The van der Waals surface area contributed by atoms with Crippen molar-refractivity contribution < 1.29 is 4.79 Å². The smallest absolute Gasteiger partial charge is 0.256 e. The zero-order valence-electron chi connectivity index (χ0n) is 7.77. The molecular formula is C10H8N4O. The fourth-order valence-corrected chi connectivity index (χ4v) is 1.38. The number of aliphatic imine (C=N–C) groups is 1. The summed E-state index contributed by atoms with van der Waals surface area (Å²) in [5.41, 5.74) is 0.810. The Kier molecular flexibility index (Phi) is 2.33. The van der Waals surface area contributed by atoms with Gasteiger partial charge in [-0.3, -0.25) is 15.4 Å². The van der Waals surface area contributed by atoms with Gasteiger partial charge in [0.1, 0.15) is 0 Å². The minimum Gasteiger partial charge on any atom is -0.294 e. The lowest BCUT2D eigenvalue weighted by atomic mass is 10.1. The summed E-state index contributed by atoms with van der Waals surface area (Å²) in [7, 11) is 0. The molecule has 74 valence electrons. The number of nitrogens with zero attached hydrogens (tertiary/aromatic N) is 2. The monoisotopic (exact) mass is 200 g/mol. The van der Waals surface area contributed by atoms with Crippen molar-refractivity contribution in [1.82, 2.24) is 10.6 Å². The minimum absolute atomic E-state index is 0.205. The fourth-order valence-electron chi connectivity index (χ4n) is 1.38. The molecule has 1 atom stereocenters. The van der Waals surface area contributed by atoms with Gasteiger partial charge in [0, 0.05) is 0 Å². The first kappa shape index (κ1) is 9.21. The fraction of sp³-hybridized carbons (Fsp3) is 0.100. The van der Waals surface area contributed by atoms with Crippen molar-refractivity contribution in [3.8, 4) is 6.19 Å². The van der Waals surface area contributed by atoms with Crippen molar-refractivity contribution in [2.75, 3.05) is 0 Å². The zero-order valence-corrected chi connectivity index (χ0v) is 7.77. The third kappa shape index (κ3) is 1.79. The van der Waals surface area contributed by atoms with Crippen LogP contribution in [0.3, 0.4) is 0 Å². The van der Waals surface area contributed by atoms with Crippen molar-refractivity contribution in [3.63, 3.8) is 0 Å². The first-order valence-corrected chi connectivity index (χ1v) is 4.40. The number of guanidine groups is 1. The van der Waals surface area contributed by atoms with Gasteiger partial charge < -0.3 is 0 Å². The maximum absolute atomic E-state index is 11.5. The van der Waals surface area contributed by atoms with Crippen LogP contribution >= 0.6 is 0 Å². The van der Waals surface area contributed by atoms with Gasteiger partial charge in [0.05, 0.1) is 0 Å². The van der Waals surface area contributed by atoms with E-state index in [4.69, 9.17) is 5.26 Å². The number of nitrogens with one attached hydrogen (secondary N) is 2. The second-order valence-corrected chi connectivity index (χ2v) is 3.02. The topological polar surface area (TPSA) is 77.3 Å². The van der Waals surface area contributed by atoms with Gasteiger partial charge in [0.15, 0.2) is 12.2 Å². The molecule has 1 heterocycles. The molecule has 5 nitrogen and oxygen atoms in total. The largest absolute Gasteiger partial charge is 0.294 e. The number of amides is 1. The van der Waals surface area contributed by atoms with Crippen LogP contribution < -0.4 is 10.6 Å². The maximum atomic E-state index is 11.5. The first-order chi connectivity index (χ1) is 7.31. The molecule has 1 aromatic carbocycles. The van der Waals surface area contributed by atoms with Gasteiger partial charge in [-0.15, -0.1) is 0 Å². The number of hydrogen-bond donors (Lipinski definition) is 2. The van der Waals surface area contributed by atoms with Crippen molar-refractivity contribution in [2.45, 2.75) is 6.04 Å². The average Bonchev–Trinajstić information content (AvgIpc) is 2.61. The molecule has 0 spiro atoms. The van der Waals surface area contributed by atoms with Crippen LogP contribution in [0.15, 0.2) is 35.3 Å². The second kappa shape index (κ2) is 3.80. The molecule has 0 bridgehead atoms. The standard InChI is InChI=1S/C10H8N4O/c11-6-12-10-13-8(9(15)14-10)7-4-2-1-3-5-7/h1-5,8H,(H2,12,13,14,15). The summed E-state index contributed by atoms with van der Waals surface area (Å²) in [5.74, 6) is -0.0182. The maximum Gasteiger partial charge on any atom is 0.256 e. The lowest BCUT2D eigenvalue weighted by Gasteiger charge is -2.02. The number of carbonyl (C=O) groups is 1. The molecule has 0 aromatic heterocycles. The molecular weight excluding hydrogens is 192 g/mol. The SMILES string of the molecule is N#CNC1=NC(c2ccccc2)C(=O)N1. The quantitative estimate of drug-likeness (QED) is 0.505. The number of hydrogen-bond acceptors (Lipinski definition) is 4. The van der Waals surface area contributed by atoms with Crippen LogP contribution in [0.2, 0.25) is 0 Å². The Bertz CT molecular complexity index is 446. The second-order valence-electron chi connectivity index (χ2n) is 3.02. The Hall–Kier alpha value is -2.35. The molecule has 1 aliphatic heterocycles. The highest BCUT2D eigenvalue weighted by Crippen LogP contribution is 2.19. The average molecular weight is 200 g/mol. The predicted molar refractivity (Wildman–Crippen MR) is 53.5 cm³/mol. The predicted octanol–water partition coefficient (Wildman–Crippen LogP) is 0.284. The van der Waals surface area contributed by atoms with Crippen LogP contribution in [-0.4, -0.2) is 11.9 Å². The van der Waals surface area contributed by atoms with Crippen LogP contribution in [0.25, 0.3) is 0 Å². The van der Waals surface area contributed by atoms with E-state index in [-0.39, 0.29) is 11.9 Å². The number of nitriles is 1. The molecule has 0 radical (unpaired) electrons.